The summed E-state index contributed by atoms with van der Waals surface area (Å²) in [4.78, 5) is 2.06. The molecule has 1 saturated carbocycles. The van der Waals surface area contributed by atoms with Gasteiger partial charge in [0.2, 0.25) is 0 Å². The molecule has 0 aromatic carbocycles. The average Bonchev–Trinajstić information content (AvgIpc) is 2.34. The van der Waals surface area contributed by atoms with Gasteiger partial charge in [0.05, 0.1) is 12.5 Å². The van der Waals surface area contributed by atoms with Crippen LogP contribution >= 0.6 is 0 Å². The van der Waals surface area contributed by atoms with Crippen LogP contribution in [-0.2, 0) is 4.74 Å². The van der Waals surface area contributed by atoms with Crippen molar-refractivity contribution in [3.63, 3.8) is 0 Å². The molecule has 18 heavy (non-hydrogen) atoms. The molecule has 1 aliphatic rings. The molecule has 0 unspecified atom stereocenters. The number of likely N-dealkylation sites (N-methyl/N-ethyl adjacent to an activating group) is 1. The molecule has 0 atom stereocenters. The Balaban J connectivity index is 2.59. The van der Waals surface area contributed by atoms with E-state index in [1.165, 1.54) is 0 Å². The maximum atomic E-state index is 12.6. The molecule has 0 heterocycles. The molecule has 1 rings (SSSR count). The number of hydrogen-bond donors (Lipinski definition) is 1. The predicted molar refractivity (Wildman–Crippen MR) is 64.3 cm³/mol. The highest BCUT2D eigenvalue weighted by atomic mass is 19.4. The molecule has 2 N–H and O–H groups in total. The molecule has 1 aliphatic carbocycles. The molecule has 0 aromatic rings. The molecule has 0 spiro atoms. The van der Waals surface area contributed by atoms with Crippen molar-refractivity contribution >= 4 is 0 Å². The Labute approximate surface area is 106 Å². The molecule has 3 nitrogen and oxygen atoms in total. The monoisotopic (exact) mass is 268 g/mol. The Morgan fingerprint density at radius 1 is 1.33 bits per heavy atom. The van der Waals surface area contributed by atoms with Crippen LogP contribution in [0.15, 0.2) is 0 Å². The van der Waals surface area contributed by atoms with Gasteiger partial charge in [0, 0.05) is 25.7 Å². The van der Waals surface area contributed by atoms with Gasteiger partial charge in [-0.2, -0.15) is 13.2 Å². The molecule has 0 aliphatic heterocycles. The third kappa shape index (κ3) is 3.59. The summed E-state index contributed by atoms with van der Waals surface area (Å²) in [5.74, 6) is -1.16. The van der Waals surface area contributed by atoms with Crippen molar-refractivity contribution in [3.8, 4) is 0 Å². The van der Waals surface area contributed by atoms with Crippen LogP contribution in [-0.4, -0.2) is 50.5 Å². The fourth-order valence-corrected chi connectivity index (χ4v) is 2.69. The Bertz CT molecular complexity index is 250. The van der Waals surface area contributed by atoms with Crippen LogP contribution in [0.2, 0.25) is 0 Å². The number of halogens is 3. The highest BCUT2D eigenvalue weighted by Gasteiger charge is 2.46. The van der Waals surface area contributed by atoms with E-state index in [1.807, 2.05) is 7.05 Å². The van der Waals surface area contributed by atoms with E-state index in [2.05, 4.69) is 4.90 Å². The van der Waals surface area contributed by atoms with Gasteiger partial charge in [-0.1, -0.05) is 0 Å². The Morgan fingerprint density at radius 2 is 1.89 bits per heavy atom. The molecule has 1 fully saturated rings. The molecule has 0 amide bonds. The minimum Gasteiger partial charge on any atom is -0.383 e. The van der Waals surface area contributed by atoms with Gasteiger partial charge < -0.3 is 10.5 Å². The molecular weight excluding hydrogens is 245 g/mol. The standard InChI is InChI=1S/C12H23F3N2O/c1-17(7-8-18-2)11(9-16)5-3-10(4-6-11)12(13,14)15/h10H,3-9,16H2,1-2H3. The minimum absolute atomic E-state index is 0.179. The van der Waals surface area contributed by atoms with Crippen LogP contribution < -0.4 is 5.73 Å². The van der Waals surface area contributed by atoms with Crippen LogP contribution in [0.25, 0.3) is 0 Å². The third-order valence-corrected chi connectivity index (χ3v) is 4.20. The van der Waals surface area contributed by atoms with Gasteiger partial charge in [-0.15, -0.1) is 0 Å². The van der Waals surface area contributed by atoms with Gasteiger partial charge in [-0.3, -0.25) is 4.90 Å². The van der Waals surface area contributed by atoms with Crippen molar-refractivity contribution in [2.24, 2.45) is 11.7 Å². The van der Waals surface area contributed by atoms with Crippen molar-refractivity contribution in [3.05, 3.63) is 0 Å². The van der Waals surface area contributed by atoms with Crippen molar-refractivity contribution in [1.82, 2.24) is 4.90 Å². The zero-order valence-corrected chi connectivity index (χ0v) is 11.1. The molecule has 108 valence electrons. The van der Waals surface area contributed by atoms with Crippen LogP contribution in [0.3, 0.4) is 0 Å². The minimum atomic E-state index is -4.06. The smallest absolute Gasteiger partial charge is 0.383 e. The normalized spacial score (nSPS) is 29.8. The number of alkyl halides is 3. The Kier molecular flexibility index (Phi) is 5.43. The second-order valence-electron chi connectivity index (χ2n) is 5.16. The SMILES string of the molecule is COCCN(C)C1(CN)CCC(C(F)(F)F)CC1. The number of nitrogens with zero attached hydrogens (tertiary/aromatic N) is 1. The zero-order valence-electron chi connectivity index (χ0n) is 11.1. The highest BCUT2D eigenvalue weighted by Crippen LogP contribution is 2.42. The lowest BCUT2D eigenvalue weighted by Gasteiger charge is -2.46. The fourth-order valence-electron chi connectivity index (χ4n) is 2.69. The van der Waals surface area contributed by atoms with Crippen LogP contribution in [0, 0.1) is 5.92 Å². The first-order valence-electron chi connectivity index (χ1n) is 6.32. The molecule has 0 aromatic heterocycles. The van der Waals surface area contributed by atoms with Crippen LogP contribution in [0.4, 0.5) is 13.2 Å². The van der Waals surface area contributed by atoms with Crippen molar-refractivity contribution < 1.29 is 17.9 Å². The van der Waals surface area contributed by atoms with E-state index in [0.717, 1.165) is 0 Å². The third-order valence-electron chi connectivity index (χ3n) is 4.20. The Morgan fingerprint density at radius 3 is 2.28 bits per heavy atom. The van der Waals surface area contributed by atoms with Crippen molar-refractivity contribution in [1.29, 1.82) is 0 Å². The highest BCUT2D eigenvalue weighted by molar-refractivity contribution is 4.95. The second-order valence-corrected chi connectivity index (χ2v) is 5.16. The summed E-state index contributed by atoms with van der Waals surface area (Å²) in [6, 6.07) is 0. The van der Waals surface area contributed by atoms with E-state index in [0.29, 0.717) is 32.5 Å². The summed E-state index contributed by atoms with van der Waals surface area (Å²) in [5, 5.41) is 0. The van der Waals surface area contributed by atoms with Gasteiger partial charge in [-0.25, -0.2) is 0 Å². The molecule has 0 saturated heterocycles. The van der Waals surface area contributed by atoms with Crippen molar-refractivity contribution in [2.45, 2.75) is 37.4 Å². The second kappa shape index (κ2) is 6.21. The van der Waals surface area contributed by atoms with E-state index >= 15 is 0 Å². The summed E-state index contributed by atoms with van der Waals surface area (Å²) >= 11 is 0. The molecule has 6 heteroatoms. The number of nitrogens with two attached hydrogens (primary N) is 1. The summed E-state index contributed by atoms with van der Waals surface area (Å²) < 4.78 is 42.9. The molecule has 0 radical (unpaired) electrons. The lowest BCUT2D eigenvalue weighted by Crippen LogP contribution is -2.55. The lowest BCUT2D eigenvalue weighted by molar-refractivity contribution is -0.188. The number of rotatable bonds is 5. The fraction of sp³-hybridized carbons (Fsp3) is 1.00. The number of methoxy groups -OCH3 is 1. The zero-order chi connectivity index (χ0) is 13.8. The maximum absolute atomic E-state index is 12.6. The quantitative estimate of drug-likeness (QED) is 0.829. The van der Waals surface area contributed by atoms with Gasteiger partial charge >= 0.3 is 6.18 Å². The first-order valence-corrected chi connectivity index (χ1v) is 6.32. The molecular formula is C12H23F3N2O. The van der Waals surface area contributed by atoms with E-state index in [1.54, 1.807) is 7.11 Å². The summed E-state index contributed by atoms with van der Waals surface area (Å²) in [5.41, 5.74) is 5.51. The lowest BCUT2D eigenvalue weighted by atomic mass is 9.75. The van der Waals surface area contributed by atoms with Gasteiger partial charge in [0.1, 0.15) is 0 Å². The van der Waals surface area contributed by atoms with E-state index in [4.69, 9.17) is 10.5 Å². The topological polar surface area (TPSA) is 38.5 Å². The summed E-state index contributed by atoms with van der Waals surface area (Å²) in [6.45, 7) is 1.67. The van der Waals surface area contributed by atoms with Crippen LogP contribution in [0.5, 0.6) is 0 Å². The maximum Gasteiger partial charge on any atom is 0.391 e. The number of hydrogen-bond acceptors (Lipinski definition) is 3. The van der Waals surface area contributed by atoms with E-state index in [9.17, 15) is 13.2 Å². The van der Waals surface area contributed by atoms with Gasteiger partial charge in [0.15, 0.2) is 0 Å². The van der Waals surface area contributed by atoms with Crippen molar-refractivity contribution in [2.75, 3.05) is 33.9 Å². The average molecular weight is 268 g/mol. The first kappa shape index (κ1) is 15.7. The largest absolute Gasteiger partial charge is 0.391 e. The van der Waals surface area contributed by atoms with Gasteiger partial charge in [-0.05, 0) is 32.7 Å². The molecule has 0 bridgehead atoms. The van der Waals surface area contributed by atoms with Crippen LogP contribution in [0.1, 0.15) is 25.7 Å². The first-order chi connectivity index (χ1) is 8.35. The predicted octanol–water partition coefficient (Wildman–Crippen LogP) is 2.01. The van der Waals surface area contributed by atoms with Gasteiger partial charge in [0.25, 0.3) is 0 Å². The summed E-state index contributed by atoms with van der Waals surface area (Å²) in [7, 11) is 3.53. The number of ether oxygens (including phenoxy) is 1. The summed E-state index contributed by atoms with van der Waals surface area (Å²) in [6.07, 6.45) is -2.69. The van der Waals surface area contributed by atoms with E-state index in [-0.39, 0.29) is 18.4 Å². The Hall–Kier alpha value is -0.330. The van der Waals surface area contributed by atoms with E-state index < -0.39 is 12.1 Å².